The van der Waals surface area contributed by atoms with E-state index in [0.29, 0.717) is 5.78 Å². The lowest BCUT2D eigenvalue weighted by Crippen LogP contribution is -2.47. The average Bonchev–Trinajstić information content (AvgIpc) is 2.40. The van der Waals surface area contributed by atoms with Crippen LogP contribution in [0.15, 0.2) is 0 Å². The second-order valence-electron chi connectivity index (χ2n) is 6.14. The van der Waals surface area contributed by atoms with Crippen LogP contribution in [-0.4, -0.2) is 42.7 Å². The third-order valence-corrected chi connectivity index (χ3v) is 5.42. The van der Waals surface area contributed by atoms with Crippen molar-refractivity contribution in [1.29, 1.82) is 0 Å². The fourth-order valence-electron chi connectivity index (χ4n) is 3.31. The van der Waals surface area contributed by atoms with Crippen molar-refractivity contribution in [2.45, 2.75) is 51.2 Å². The van der Waals surface area contributed by atoms with Gasteiger partial charge in [0.05, 0.1) is 5.60 Å². The van der Waals surface area contributed by atoms with E-state index < -0.39 is 0 Å². The number of Topliss-reactive ketones (excluding diaryl/α,β-unsaturated/α-hetero) is 1. The van der Waals surface area contributed by atoms with E-state index in [1.54, 1.807) is 7.11 Å². The Kier molecular flexibility index (Phi) is 5.32. The molecule has 0 aromatic heterocycles. The van der Waals surface area contributed by atoms with Gasteiger partial charge in [0, 0.05) is 19.6 Å². The van der Waals surface area contributed by atoms with E-state index in [1.165, 1.54) is 11.5 Å². The zero-order valence-electron chi connectivity index (χ0n) is 12.3. The van der Waals surface area contributed by atoms with Crippen LogP contribution in [0.25, 0.3) is 0 Å². The van der Waals surface area contributed by atoms with Crippen LogP contribution in [0.2, 0.25) is 0 Å². The summed E-state index contributed by atoms with van der Waals surface area (Å²) >= 11 is 2.00. The van der Waals surface area contributed by atoms with Gasteiger partial charge in [-0.25, -0.2) is 0 Å². The van der Waals surface area contributed by atoms with Gasteiger partial charge >= 0.3 is 0 Å². The molecule has 1 spiro atoms. The molecule has 2 rings (SSSR count). The highest BCUT2D eigenvalue weighted by molar-refractivity contribution is 7.99. The number of hydrogen-bond donors (Lipinski definition) is 0. The van der Waals surface area contributed by atoms with Crippen molar-refractivity contribution in [3.8, 4) is 0 Å². The summed E-state index contributed by atoms with van der Waals surface area (Å²) in [5.41, 5.74) is -0.0148. The first-order valence-corrected chi connectivity index (χ1v) is 8.52. The van der Waals surface area contributed by atoms with Gasteiger partial charge in [-0.1, -0.05) is 13.8 Å². The minimum atomic E-state index is -0.252. The number of carbonyl (C=O) groups excluding carboxylic acids is 1. The molecule has 2 heterocycles. The van der Waals surface area contributed by atoms with Crippen molar-refractivity contribution in [2.75, 3.05) is 25.2 Å². The topological polar surface area (TPSA) is 35.5 Å². The maximum absolute atomic E-state index is 12.6. The predicted octanol–water partition coefficient (Wildman–Crippen LogP) is 2.92. The van der Waals surface area contributed by atoms with Gasteiger partial charge in [-0.15, -0.1) is 0 Å². The van der Waals surface area contributed by atoms with Crippen LogP contribution < -0.4 is 0 Å². The van der Waals surface area contributed by atoms with Crippen LogP contribution in [0, 0.1) is 11.8 Å². The van der Waals surface area contributed by atoms with E-state index in [2.05, 4.69) is 13.8 Å². The van der Waals surface area contributed by atoms with E-state index in [-0.39, 0.29) is 23.5 Å². The summed E-state index contributed by atoms with van der Waals surface area (Å²) in [4.78, 5) is 12.6. The van der Waals surface area contributed by atoms with Gasteiger partial charge in [0.25, 0.3) is 0 Å². The standard InChI is InChI=1S/C15H26O3S/c1-11(2)14(17-3)13(16)12-4-7-18-15(10-12)5-8-19-9-6-15/h11-12,14H,4-10H2,1-3H3. The van der Waals surface area contributed by atoms with E-state index in [4.69, 9.17) is 9.47 Å². The summed E-state index contributed by atoms with van der Waals surface area (Å²) in [6, 6.07) is 0. The van der Waals surface area contributed by atoms with Crippen molar-refractivity contribution in [2.24, 2.45) is 11.8 Å². The summed E-state index contributed by atoms with van der Waals surface area (Å²) < 4.78 is 11.5. The first kappa shape index (κ1) is 15.3. The van der Waals surface area contributed by atoms with Crippen LogP contribution in [0.4, 0.5) is 0 Å². The number of methoxy groups -OCH3 is 1. The van der Waals surface area contributed by atoms with Gasteiger partial charge in [-0.2, -0.15) is 11.8 Å². The minimum absolute atomic E-state index is 0.0148. The lowest BCUT2D eigenvalue weighted by atomic mass is 9.78. The molecule has 0 amide bonds. The molecule has 0 bridgehead atoms. The Hall–Kier alpha value is -0.0600. The quantitative estimate of drug-likeness (QED) is 0.796. The molecule has 2 atom stereocenters. The van der Waals surface area contributed by atoms with Gasteiger partial charge < -0.3 is 9.47 Å². The van der Waals surface area contributed by atoms with Crippen molar-refractivity contribution >= 4 is 17.5 Å². The average molecular weight is 286 g/mol. The van der Waals surface area contributed by atoms with Crippen LogP contribution in [0.3, 0.4) is 0 Å². The molecular formula is C15H26O3S. The SMILES string of the molecule is COC(C(=O)C1CCOC2(CCSCC2)C1)C(C)C. The molecule has 2 aliphatic rings. The molecule has 2 unspecified atom stereocenters. The Bertz CT molecular complexity index is 305. The first-order chi connectivity index (χ1) is 9.08. The number of carbonyl (C=O) groups is 1. The molecule has 4 heteroatoms. The molecule has 0 N–H and O–H groups in total. The molecule has 0 saturated carbocycles. The molecule has 0 aliphatic carbocycles. The Morgan fingerprint density at radius 2 is 2.05 bits per heavy atom. The highest BCUT2D eigenvalue weighted by Crippen LogP contribution is 2.40. The molecule has 19 heavy (non-hydrogen) atoms. The van der Waals surface area contributed by atoms with Gasteiger partial charge in [0.2, 0.25) is 0 Å². The summed E-state index contributed by atoms with van der Waals surface area (Å²) in [6.45, 7) is 4.84. The van der Waals surface area contributed by atoms with Crippen LogP contribution in [0.5, 0.6) is 0 Å². The van der Waals surface area contributed by atoms with E-state index >= 15 is 0 Å². The summed E-state index contributed by atoms with van der Waals surface area (Å²) in [5.74, 6) is 3.00. The largest absolute Gasteiger partial charge is 0.375 e. The second-order valence-corrected chi connectivity index (χ2v) is 7.36. The third-order valence-electron chi connectivity index (χ3n) is 4.44. The summed E-state index contributed by atoms with van der Waals surface area (Å²) in [5, 5.41) is 0. The van der Waals surface area contributed by atoms with Crippen molar-refractivity contribution in [3.05, 3.63) is 0 Å². The molecule has 110 valence electrons. The van der Waals surface area contributed by atoms with Crippen molar-refractivity contribution < 1.29 is 14.3 Å². The van der Waals surface area contributed by atoms with Gasteiger partial charge in [0.1, 0.15) is 6.10 Å². The summed E-state index contributed by atoms with van der Waals surface area (Å²) in [6.07, 6.45) is 3.71. The fraction of sp³-hybridized carbons (Fsp3) is 0.933. The maximum Gasteiger partial charge on any atom is 0.165 e. The fourth-order valence-corrected chi connectivity index (χ4v) is 4.55. The Labute approximate surface area is 120 Å². The number of ether oxygens (including phenoxy) is 2. The first-order valence-electron chi connectivity index (χ1n) is 7.36. The van der Waals surface area contributed by atoms with E-state index in [0.717, 1.165) is 32.3 Å². The Morgan fingerprint density at radius 3 is 2.63 bits per heavy atom. The molecule has 2 fully saturated rings. The smallest absolute Gasteiger partial charge is 0.165 e. The third kappa shape index (κ3) is 3.53. The summed E-state index contributed by atoms with van der Waals surface area (Å²) in [7, 11) is 1.65. The minimum Gasteiger partial charge on any atom is -0.375 e. The van der Waals surface area contributed by atoms with Crippen molar-refractivity contribution in [3.63, 3.8) is 0 Å². The lowest BCUT2D eigenvalue weighted by molar-refractivity contribution is -0.149. The molecule has 2 saturated heterocycles. The van der Waals surface area contributed by atoms with Gasteiger partial charge in [0.15, 0.2) is 5.78 Å². The Morgan fingerprint density at radius 1 is 1.37 bits per heavy atom. The normalized spacial score (nSPS) is 28.5. The highest BCUT2D eigenvalue weighted by Gasteiger charge is 2.42. The van der Waals surface area contributed by atoms with Crippen LogP contribution >= 0.6 is 11.8 Å². The number of ketones is 1. The number of hydrogen-bond acceptors (Lipinski definition) is 4. The second kappa shape index (κ2) is 6.59. The zero-order valence-corrected chi connectivity index (χ0v) is 13.1. The zero-order chi connectivity index (χ0) is 13.9. The monoisotopic (exact) mass is 286 g/mol. The molecule has 0 aromatic rings. The van der Waals surface area contributed by atoms with Crippen LogP contribution in [-0.2, 0) is 14.3 Å². The van der Waals surface area contributed by atoms with Crippen LogP contribution in [0.1, 0.15) is 39.5 Å². The van der Waals surface area contributed by atoms with E-state index in [1.807, 2.05) is 11.8 Å². The maximum atomic E-state index is 12.6. The number of rotatable bonds is 4. The van der Waals surface area contributed by atoms with Gasteiger partial charge in [-0.05, 0) is 43.1 Å². The Balaban J connectivity index is 2.02. The molecule has 0 aromatic carbocycles. The molecular weight excluding hydrogens is 260 g/mol. The number of thioether (sulfide) groups is 1. The molecule has 2 aliphatic heterocycles. The van der Waals surface area contributed by atoms with Gasteiger partial charge in [-0.3, -0.25) is 4.79 Å². The predicted molar refractivity (Wildman–Crippen MR) is 78.6 cm³/mol. The van der Waals surface area contributed by atoms with E-state index in [9.17, 15) is 4.79 Å². The molecule has 0 radical (unpaired) electrons. The molecule has 3 nitrogen and oxygen atoms in total. The lowest BCUT2D eigenvalue weighted by Gasteiger charge is -2.43. The van der Waals surface area contributed by atoms with Crippen molar-refractivity contribution in [1.82, 2.24) is 0 Å². The highest BCUT2D eigenvalue weighted by atomic mass is 32.2.